The van der Waals surface area contributed by atoms with Crippen molar-refractivity contribution in [1.82, 2.24) is 10.2 Å². The van der Waals surface area contributed by atoms with E-state index in [0.29, 0.717) is 44.1 Å². The van der Waals surface area contributed by atoms with Crippen LogP contribution in [0.2, 0.25) is 5.02 Å². The normalized spacial score (nSPS) is 17.5. The van der Waals surface area contributed by atoms with Crippen LogP contribution in [0.25, 0.3) is 0 Å². The Labute approximate surface area is 220 Å². The number of nitrogens with one attached hydrogen (secondary N) is 2. The standard InChI is InChI=1S/C26H31ClFN3O6/c1-16(32)29-23-14-24(35-3)20(13-21(23)27)26(34)30-22-9-11-31(15-25(22)37-17(2)33)10-4-12-36-19-7-5-18(28)6-8-19/h5-8,13-14,22,25H,4,9-12,15H2,1-3H3,(H,29,32)(H,30,34)/t22-,25+/m1/s1. The Morgan fingerprint density at radius 1 is 1.16 bits per heavy atom. The molecule has 0 spiro atoms. The van der Waals surface area contributed by atoms with E-state index < -0.39 is 24.0 Å². The second kappa shape index (κ2) is 13.3. The van der Waals surface area contributed by atoms with Gasteiger partial charge < -0.3 is 24.8 Å². The van der Waals surface area contributed by atoms with Crippen LogP contribution in [0.15, 0.2) is 36.4 Å². The fraction of sp³-hybridized carbons (Fsp3) is 0.423. The van der Waals surface area contributed by atoms with Crippen molar-refractivity contribution >= 4 is 35.1 Å². The highest BCUT2D eigenvalue weighted by Gasteiger charge is 2.33. The second-order valence-corrected chi connectivity index (χ2v) is 9.09. The molecule has 1 saturated heterocycles. The summed E-state index contributed by atoms with van der Waals surface area (Å²) in [5, 5.41) is 5.72. The van der Waals surface area contributed by atoms with Gasteiger partial charge in [0.15, 0.2) is 0 Å². The molecule has 1 heterocycles. The van der Waals surface area contributed by atoms with E-state index in [1.807, 2.05) is 0 Å². The van der Waals surface area contributed by atoms with Crippen molar-refractivity contribution in [3.8, 4) is 11.5 Å². The number of amides is 2. The minimum atomic E-state index is -0.548. The zero-order chi connectivity index (χ0) is 26.9. The van der Waals surface area contributed by atoms with Gasteiger partial charge in [-0.1, -0.05) is 11.6 Å². The van der Waals surface area contributed by atoms with Crippen LogP contribution < -0.4 is 20.1 Å². The lowest BCUT2D eigenvalue weighted by Gasteiger charge is -2.38. The zero-order valence-corrected chi connectivity index (χ0v) is 21.8. The number of hydrogen-bond donors (Lipinski definition) is 2. The van der Waals surface area contributed by atoms with E-state index >= 15 is 0 Å². The molecular formula is C26H31ClFN3O6. The fourth-order valence-electron chi connectivity index (χ4n) is 4.12. The van der Waals surface area contributed by atoms with E-state index in [-0.39, 0.29) is 28.1 Å². The molecule has 3 rings (SSSR count). The Morgan fingerprint density at radius 2 is 1.89 bits per heavy atom. The first-order chi connectivity index (χ1) is 17.7. The molecule has 200 valence electrons. The Balaban J connectivity index is 1.59. The number of piperidine rings is 1. The SMILES string of the molecule is COc1cc(NC(C)=O)c(Cl)cc1C(=O)N[C@@H]1CCN(CCCOc2ccc(F)cc2)C[C@@H]1OC(C)=O. The molecule has 1 aliphatic rings. The molecule has 0 aromatic heterocycles. The van der Waals surface area contributed by atoms with Crippen molar-refractivity contribution in [2.45, 2.75) is 38.8 Å². The van der Waals surface area contributed by atoms with Crippen LogP contribution in [0.4, 0.5) is 10.1 Å². The summed E-state index contributed by atoms with van der Waals surface area (Å²) in [4.78, 5) is 38.4. The number of ether oxygens (including phenoxy) is 3. The lowest BCUT2D eigenvalue weighted by Crippen LogP contribution is -2.55. The number of carbonyl (C=O) groups is 3. The summed E-state index contributed by atoms with van der Waals surface area (Å²) < 4.78 is 29.5. The maximum atomic E-state index is 13.1. The Kier molecular flexibility index (Phi) is 10.1. The van der Waals surface area contributed by atoms with Crippen LogP contribution in [0.5, 0.6) is 11.5 Å². The third kappa shape index (κ3) is 8.33. The molecule has 37 heavy (non-hydrogen) atoms. The number of nitrogens with zero attached hydrogens (tertiary/aromatic N) is 1. The summed E-state index contributed by atoms with van der Waals surface area (Å²) in [5.41, 5.74) is 0.528. The molecule has 1 fully saturated rings. The highest BCUT2D eigenvalue weighted by atomic mass is 35.5. The monoisotopic (exact) mass is 535 g/mol. The highest BCUT2D eigenvalue weighted by Crippen LogP contribution is 2.31. The van der Waals surface area contributed by atoms with Crippen LogP contribution in [-0.2, 0) is 14.3 Å². The second-order valence-electron chi connectivity index (χ2n) is 8.69. The minimum Gasteiger partial charge on any atom is -0.496 e. The zero-order valence-electron chi connectivity index (χ0n) is 21.0. The third-order valence-electron chi connectivity index (χ3n) is 5.82. The Hall–Kier alpha value is -3.37. The lowest BCUT2D eigenvalue weighted by molar-refractivity contribution is -0.150. The molecule has 0 saturated carbocycles. The molecule has 0 radical (unpaired) electrons. The minimum absolute atomic E-state index is 0.190. The van der Waals surface area contributed by atoms with Crippen molar-refractivity contribution in [3.63, 3.8) is 0 Å². The Morgan fingerprint density at radius 3 is 2.54 bits per heavy atom. The molecule has 0 unspecified atom stereocenters. The first-order valence-corrected chi connectivity index (χ1v) is 12.3. The number of rotatable bonds is 10. The number of anilines is 1. The summed E-state index contributed by atoms with van der Waals surface area (Å²) in [6.07, 6.45) is 0.730. The first kappa shape index (κ1) is 28.2. The van der Waals surface area contributed by atoms with Gasteiger partial charge in [-0.2, -0.15) is 0 Å². The first-order valence-electron chi connectivity index (χ1n) is 11.9. The third-order valence-corrected chi connectivity index (χ3v) is 6.14. The predicted molar refractivity (Wildman–Crippen MR) is 137 cm³/mol. The van der Waals surface area contributed by atoms with Gasteiger partial charge in [0.1, 0.15) is 23.4 Å². The summed E-state index contributed by atoms with van der Waals surface area (Å²) in [5.74, 6) is -0.654. The van der Waals surface area contributed by atoms with Gasteiger partial charge in [0.2, 0.25) is 5.91 Å². The van der Waals surface area contributed by atoms with Gasteiger partial charge in [-0.05, 0) is 43.2 Å². The van der Waals surface area contributed by atoms with E-state index in [0.717, 1.165) is 6.42 Å². The van der Waals surface area contributed by atoms with Gasteiger partial charge in [-0.25, -0.2) is 4.39 Å². The molecule has 1 aliphatic heterocycles. The molecule has 2 amide bonds. The summed E-state index contributed by atoms with van der Waals surface area (Å²) >= 11 is 6.26. The molecule has 9 nitrogen and oxygen atoms in total. The van der Waals surface area contributed by atoms with Gasteiger partial charge in [0.25, 0.3) is 5.91 Å². The van der Waals surface area contributed by atoms with Gasteiger partial charge in [-0.15, -0.1) is 0 Å². The molecule has 11 heteroatoms. The summed E-state index contributed by atoms with van der Waals surface area (Å²) in [7, 11) is 1.41. The van der Waals surface area contributed by atoms with Crippen molar-refractivity contribution in [2.75, 3.05) is 38.7 Å². The smallest absolute Gasteiger partial charge is 0.303 e. The van der Waals surface area contributed by atoms with Crippen molar-refractivity contribution in [1.29, 1.82) is 0 Å². The number of halogens is 2. The Bertz CT molecular complexity index is 1110. The van der Waals surface area contributed by atoms with Gasteiger partial charge in [-0.3, -0.25) is 19.3 Å². The molecule has 2 N–H and O–H groups in total. The number of carbonyl (C=O) groups excluding carboxylic acids is 3. The van der Waals surface area contributed by atoms with E-state index in [1.165, 1.54) is 45.2 Å². The summed E-state index contributed by atoms with van der Waals surface area (Å²) in [6.45, 7) is 4.96. The topological polar surface area (TPSA) is 106 Å². The predicted octanol–water partition coefficient (Wildman–Crippen LogP) is 3.65. The molecule has 2 aromatic rings. The largest absolute Gasteiger partial charge is 0.496 e. The summed E-state index contributed by atoms with van der Waals surface area (Å²) in [6, 6.07) is 8.35. The maximum absolute atomic E-state index is 13.1. The van der Waals surface area contributed by atoms with Crippen LogP contribution in [0.3, 0.4) is 0 Å². The fourth-order valence-corrected chi connectivity index (χ4v) is 4.33. The van der Waals surface area contributed by atoms with E-state index in [1.54, 1.807) is 12.1 Å². The van der Waals surface area contributed by atoms with Gasteiger partial charge in [0, 0.05) is 39.5 Å². The van der Waals surface area contributed by atoms with Crippen molar-refractivity contribution in [2.24, 2.45) is 0 Å². The number of methoxy groups -OCH3 is 1. The van der Waals surface area contributed by atoms with Crippen LogP contribution in [0, 0.1) is 5.82 Å². The van der Waals surface area contributed by atoms with Crippen LogP contribution >= 0.6 is 11.6 Å². The van der Waals surface area contributed by atoms with E-state index in [2.05, 4.69) is 15.5 Å². The average molecular weight is 536 g/mol. The van der Waals surface area contributed by atoms with Gasteiger partial charge in [0.05, 0.1) is 36.0 Å². The van der Waals surface area contributed by atoms with E-state index in [9.17, 15) is 18.8 Å². The van der Waals surface area contributed by atoms with Crippen LogP contribution in [0.1, 0.15) is 37.0 Å². The lowest BCUT2D eigenvalue weighted by atomic mass is 10.0. The van der Waals surface area contributed by atoms with Gasteiger partial charge >= 0.3 is 5.97 Å². The van der Waals surface area contributed by atoms with E-state index in [4.69, 9.17) is 25.8 Å². The number of benzene rings is 2. The number of likely N-dealkylation sites (tertiary alicyclic amines) is 1. The molecular weight excluding hydrogens is 505 g/mol. The molecule has 2 aromatic carbocycles. The number of esters is 1. The number of hydrogen-bond acceptors (Lipinski definition) is 7. The van der Waals surface area contributed by atoms with Crippen molar-refractivity contribution < 1.29 is 33.0 Å². The van der Waals surface area contributed by atoms with Crippen molar-refractivity contribution in [3.05, 3.63) is 52.8 Å². The quantitative estimate of drug-likeness (QED) is 0.353. The molecule has 2 atom stereocenters. The van der Waals surface area contributed by atoms with Crippen LogP contribution in [-0.4, -0.2) is 68.2 Å². The average Bonchev–Trinajstić information content (AvgIpc) is 2.84. The molecule has 0 aliphatic carbocycles. The maximum Gasteiger partial charge on any atom is 0.303 e. The molecule has 0 bridgehead atoms. The highest BCUT2D eigenvalue weighted by molar-refractivity contribution is 6.34.